The number of hydrogen-bond donors (Lipinski definition) is 1. The zero-order valence-electron chi connectivity index (χ0n) is 12.1. The Bertz CT molecular complexity index is 446. The van der Waals surface area contributed by atoms with E-state index in [0.29, 0.717) is 24.4 Å². The van der Waals surface area contributed by atoms with Gasteiger partial charge in [-0.1, -0.05) is 25.1 Å². The van der Waals surface area contributed by atoms with Gasteiger partial charge < -0.3 is 10.2 Å². The Hall–Kier alpha value is -1.58. The highest BCUT2D eigenvalue weighted by Crippen LogP contribution is 2.29. The maximum atomic E-state index is 13.5. The number of carbonyl (C=O) groups excluding carboxylic acids is 1. The number of amides is 2. The first-order chi connectivity index (χ1) is 9.70. The van der Waals surface area contributed by atoms with Crippen molar-refractivity contribution in [3.05, 3.63) is 35.6 Å². The van der Waals surface area contributed by atoms with E-state index in [4.69, 9.17) is 0 Å². The Balaban J connectivity index is 1.76. The number of carbonyl (C=O) groups is 1. The number of urea groups is 1. The zero-order chi connectivity index (χ0) is 14.4. The molecule has 0 saturated heterocycles. The van der Waals surface area contributed by atoms with Crippen LogP contribution in [0.5, 0.6) is 0 Å². The minimum atomic E-state index is -0.204. The first kappa shape index (κ1) is 14.8. The molecule has 1 aromatic carbocycles. The number of rotatable bonds is 7. The summed E-state index contributed by atoms with van der Waals surface area (Å²) in [6, 6.07) is 6.69. The van der Waals surface area contributed by atoms with Crippen LogP contribution in [0.2, 0.25) is 0 Å². The Kier molecular flexibility index (Phi) is 5.39. The lowest BCUT2D eigenvalue weighted by Crippen LogP contribution is -2.42. The Morgan fingerprint density at radius 3 is 2.80 bits per heavy atom. The van der Waals surface area contributed by atoms with Crippen LogP contribution in [0.4, 0.5) is 9.18 Å². The summed E-state index contributed by atoms with van der Waals surface area (Å²) in [7, 11) is 0. The van der Waals surface area contributed by atoms with E-state index in [2.05, 4.69) is 12.2 Å². The predicted octanol–water partition coefficient (Wildman–Crippen LogP) is 3.20. The Morgan fingerprint density at radius 1 is 1.40 bits per heavy atom. The SMILES string of the molecule is CCCN(CC1CC1)C(=O)NCCc1ccccc1F. The maximum absolute atomic E-state index is 13.5. The molecule has 0 bridgehead atoms. The van der Waals surface area contributed by atoms with E-state index < -0.39 is 0 Å². The number of nitrogens with zero attached hydrogens (tertiary/aromatic N) is 1. The summed E-state index contributed by atoms with van der Waals surface area (Å²) >= 11 is 0. The van der Waals surface area contributed by atoms with Gasteiger partial charge in [-0.15, -0.1) is 0 Å². The van der Waals surface area contributed by atoms with Crippen LogP contribution in [0.25, 0.3) is 0 Å². The molecule has 2 amide bonds. The molecule has 110 valence electrons. The lowest BCUT2D eigenvalue weighted by Gasteiger charge is -2.22. The van der Waals surface area contributed by atoms with Crippen molar-refractivity contribution in [2.45, 2.75) is 32.6 Å². The molecule has 2 rings (SSSR count). The predicted molar refractivity (Wildman–Crippen MR) is 78.1 cm³/mol. The number of benzene rings is 1. The second kappa shape index (κ2) is 7.27. The van der Waals surface area contributed by atoms with E-state index in [9.17, 15) is 9.18 Å². The van der Waals surface area contributed by atoms with Gasteiger partial charge in [-0.2, -0.15) is 0 Å². The molecule has 1 N–H and O–H groups in total. The molecule has 3 nitrogen and oxygen atoms in total. The molecule has 4 heteroatoms. The summed E-state index contributed by atoms with van der Waals surface area (Å²) in [4.78, 5) is 14.0. The van der Waals surface area contributed by atoms with Crippen molar-refractivity contribution in [2.75, 3.05) is 19.6 Å². The molecule has 1 saturated carbocycles. The van der Waals surface area contributed by atoms with Crippen LogP contribution in [-0.2, 0) is 6.42 Å². The molecule has 1 aromatic rings. The van der Waals surface area contributed by atoms with Gasteiger partial charge in [0, 0.05) is 19.6 Å². The van der Waals surface area contributed by atoms with Crippen molar-refractivity contribution < 1.29 is 9.18 Å². The summed E-state index contributed by atoms with van der Waals surface area (Å²) in [5.41, 5.74) is 0.650. The minimum Gasteiger partial charge on any atom is -0.338 e. The maximum Gasteiger partial charge on any atom is 0.317 e. The van der Waals surface area contributed by atoms with Crippen LogP contribution in [0.15, 0.2) is 24.3 Å². The highest BCUT2D eigenvalue weighted by atomic mass is 19.1. The van der Waals surface area contributed by atoms with E-state index in [1.165, 1.54) is 18.9 Å². The van der Waals surface area contributed by atoms with Crippen LogP contribution in [-0.4, -0.2) is 30.6 Å². The summed E-state index contributed by atoms with van der Waals surface area (Å²) in [5, 5.41) is 2.90. The quantitative estimate of drug-likeness (QED) is 0.816. The lowest BCUT2D eigenvalue weighted by atomic mass is 10.1. The number of hydrogen-bond acceptors (Lipinski definition) is 1. The lowest BCUT2D eigenvalue weighted by molar-refractivity contribution is 0.195. The van der Waals surface area contributed by atoms with Crippen LogP contribution in [0.1, 0.15) is 31.7 Å². The smallest absolute Gasteiger partial charge is 0.317 e. The fourth-order valence-electron chi connectivity index (χ4n) is 2.27. The molecule has 0 heterocycles. The van der Waals surface area contributed by atoms with E-state index in [-0.39, 0.29) is 11.8 Å². The third-order valence-corrected chi connectivity index (χ3v) is 3.58. The van der Waals surface area contributed by atoms with E-state index in [1.807, 2.05) is 11.0 Å². The van der Waals surface area contributed by atoms with Crippen molar-refractivity contribution in [1.82, 2.24) is 10.2 Å². The Morgan fingerprint density at radius 2 is 2.15 bits per heavy atom. The largest absolute Gasteiger partial charge is 0.338 e. The molecule has 0 spiro atoms. The van der Waals surface area contributed by atoms with Gasteiger partial charge in [0.25, 0.3) is 0 Å². The van der Waals surface area contributed by atoms with E-state index in [1.54, 1.807) is 12.1 Å². The van der Waals surface area contributed by atoms with Crippen molar-refractivity contribution in [3.63, 3.8) is 0 Å². The van der Waals surface area contributed by atoms with E-state index >= 15 is 0 Å². The summed E-state index contributed by atoms with van der Waals surface area (Å²) < 4.78 is 13.5. The van der Waals surface area contributed by atoms with E-state index in [0.717, 1.165) is 19.5 Å². The second-order valence-corrected chi connectivity index (χ2v) is 5.46. The van der Waals surface area contributed by atoms with Gasteiger partial charge in [0.2, 0.25) is 0 Å². The zero-order valence-corrected chi connectivity index (χ0v) is 12.1. The van der Waals surface area contributed by atoms with Crippen molar-refractivity contribution in [3.8, 4) is 0 Å². The molecule has 1 fully saturated rings. The highest BCUT2D eigenvalue weighted by molar-refractivity contribution is 5.74. The fraction of sp³-hybridized carbons (Fsp3) is 0.562. The van der Waals surface area contributed by atoms with Gasteiger partial charge >= 0.3 is 6.03 Å². The van der Waals surface area contributed by atoms with Gasteiger partial charge in [0.05, 0.1) is 0 Å². The molecule has 1 aliphatic rings. The van der Waals surface area contributed by atoms with Gasteiger partial charge in [0.1, 0.15) is 5.82 Å². The first-order valence-corrected chi connectivity index (χ1v) is 7.47. The molecule has 0 aromatic heterocycles. The Labute approximate surface area is 120 Å². The van der Waals surface area contributed by atoms with Gasteiger partial charge in [-0.05, 0) is 43.2 Å². The third kappa shape index (κ3) is 4.51. The van der Waals surface area contributed by atoms with Crippen molar-refractivity contribution in [2.24, 2.45) is 5.92 Å². The standard InChI is InChI=1S/C16H23FN2O/c1-2-11-19(12-13-7-8-13)16(20)18-10-9-14-5-3-4-6-15(14)17/h3-6,13H,2,7-12H2,1H3,(H,18,20). The monoisotopic (exact) mass is 278 g/mol. The number of nitrogens with one attached hydrogen (secondary N) is 1. The topological polar surface area (TPSA) is 32.3 Å². The molecule has 0 unspecified atom stereocenters. The molecule has 0 radical (unpaired) electrons. The van der Waals surface area contributed by atoms with Crippen LogP contribution < -0.4 is 5.32 Å². The van der Waals surface area contributed by atoms with Crippen molar-refractivity contribution in [1.29, 1.82) is 0 Å². The van der Waals surface area contributed by atoms with Crippen LogP contribution in [0.3, 0.4) is 0 Å². The average molecular weight is 278 g/mol. The van der Waals surface area contributed by atoms with Gasteiger partial charge in [0.15, 0.2) is 0 Å². The average Bonchev–Trinajstić information content (AvgIpc) is 3.24. The molecule has 1 aliphatic carbocycles. The highest BCUT2D eigenvalue weighted by Gasteiger charge is 2.26. The number of halogens is 1. The molecule has 0 aliphatic heterocycles. The molecular formula is C16H23FN2O. The normalized spacial score (nSPS) is 14.1. The van der Waals surface area contributed by atoms with Crippen LogP contribution in [0, 0.1) is 11.7 Å². The minimum absolute atomic E-state index is 0.0184. The first-order valence-electron chi connectivity index (χ1n) is 7.47. The van der Waals surface area contributed by atoms with Gasteiger partial charge in [-0.3, -0.25) is 0 Å². The van der Waals surface area contributed by atoms with Gasteiger partial charge in [-0.25, -0.2) is 9.18 Å². The van der Waals surface area contributed by atoms with Crippen molar-refractivity contribution >= 4 is 6.03 Å². The summed E-state index contributed by atoms with van der Waals surface area (Å²) in [5.74, 6) is 0.490. The van der Waals surface area contributed by atoms with Crippen LogP contribution >= 0.6 is 0 Å². The second-order valence-electron chi connectivity index (χ2n) is 5.46. The molecular weight excluding hydrogens is 255 g/mol. The molecule has 0 atom stereocenters. The third-order valence-electron chi connectivity index (χ3n) is 3.58. The summed E-state index contributed by atoms with van der Waals surface area (Å²) in [6.45, 7) is 4.21. The fourth-order valence-corrected chi connectivity index (χ4v) is 2.27. The molecule has 20 heavy (non-hydrogen) atoms. The summed E-state index contributed by atoms with van der Waals surface area (Å²) in [6.07, 6.45) is 3.97.